The summed E-state index contributed by atoms with van der Waals surface area (Å²) in [5, 5.41) is 3.13. The molecule has 1 aromatic carbocycles. The lowest BCUT2D eigenvalue weighted by Gasteiger charge is -1.96. The summed E-state index contributed by atoms with van der Waals surface area (Å²) in [5.74, 6) is 0. The molecule has 0 aliphatic rings. The average molecular weight is 321 g/mol. The van der Waals surface area contributed by atoms with Gasteiger partial charge in [-0.05, 0) is 19.1 Å². The van der Waals surface area contributed by atoms with Crippen LogP contribution in [0.5, 0.6) is 0 Å². The van der Waals surface area contributed by atoms with Crippen LogP contribution < -0.4 is 0 Å². The second kappa shape index (κ2) is 5.50. The topological polar surface area (TPSA) is 28.7 Å². The molecule has 0 saturated heterocycles. The molecule has 0 radical (unpaired) electrons. The Morgan fingerprint density at radius 2 is 1.89 bits per heavy atom. The van der Waals surface area contributed by atoms with Crippen LogP contribution in [0.4, 0.5) is 0 Å². The highest BCUT2D eigenvalue weighted by atomic mass is 79.9. The fraction of sp³-hybridized carbons (Fsp3) is 0.0714. The largest absolute Gasteiger partial charge is 0.359 e. The average Bonchev–Trinajstić information content (AvgIpc) is 3.00. The van der Waals surface area contributed by atoms with Gasteiger partial charge in [-0.1, -0.05) is 29.8 Å². The number of H-pyrrole nitrogens is 1. The van der Waals surface area contributed by atoms with Gasteiger partial charge in [-0.25, -0.2) is 4.98 Å². The van der Waals surface area contributed by atoms with Crippen molar-refractivity contribution in [2.24, 2.45) is 0 Å². The molecule has 0 atom stereocenters. The number of aryl methyl sites for hydroxylation is 1. The predicted molar refractivity (Wildman–Crippen MR) is 82.4 cm³/mol. The first-order valence-electron chi connectivity index (χ1n) is 5.49. The Labute approximate surface area is 120 Å². The molecule has 0 fully saturated rings. The van der Waals surface area contributed by atoms with E-state index in [-0.39, 0.29) is 17.0 Å². The number of rotatable bonds is 2. The van der Waals surface area contributed by atoms with Gasteiger partial charge in [0.15, 0.2) is 0 Å². The highest BCUT2D eigenvalue weighted by Crippen LogP contribution is 2.27. The van der Waals surface area contributed by atoms with Crippen LogP contribution in [0.3, 0.4) is 0 Å². The van der Waals surface area contributed by atoms with Gasteiger partial charge >= 0.3 is 0 Å². The van der Waals surface area contributed by atoms with Crippen molar-refractivity contribution in [2.75, 3.05) is 0 Å². The predicted octanol–water partition coefficient (Wildman–Crippen LogP) is 4.69. The second-order valence-corrected chi connectivity index (χ2v) is 4.85. The van der Waals surface area contributed by atoms with Gasteiger partial charge in [-0.3, -0.25) is 0 Å². The van der Waals surface area contributed by atoms with Crippen LogP contribution in [0.15, 0.2) is 48.0 Å². The van der Waals surface area contributed by atoms with Crippen molar-refractivity contribution in [3.63, 3.8) is 0 Å². The lowest BCUT2D eigenvalue weighted by atomic mass is 10.1. The maximum atomic E-state index is 4.64. The minimum atomic E-state index is 0. The van der Waals surface area contributed by atoms with E-state index < -0.39 is 0 Å². The van der Waals surface area contributed by atoms with Gasteiger partial charge in [0.25, 0.3) is 0 Å². The first-order valence-corrected chi connectivity index (χ1v) is 6.37. The van der Waals surface area contributed by atoms with E-state index in [2.05, 4.69) is 46.5 Å². The Morgan fingerprint density at radius 3 is 2.56 bits per heavy atom. The van der Waals surface area contributed by atoms with E-state index >= 15 is 0 Å². The number of aromatic amines is 1. The third kappa shape index (κ3) is 2.54. The summed E-state index contributed by atoms with van der Waals surface area (Å²) in [6.45, 7) is 2.09. The summed E-state index contributed by atoms with van der Waals surface area (Å²) < 4.78 is 0. The van der Waals surface area contributed by atoms with Gasteiger partial charge in [-0.2, -0.15) is 0 Å². The molecular formula is C14H13BrN2S. The number of nitrogens with one attached hydrogen (secondary N) is 1. The summed E-state index contributed by atoms with van der Waals surface area (Å²) in [6.07, 6.45) is 1.92. The highest BCUT2D eigenvalue weighted by Gasteiger charge is 2.06. The number of thiazole rings is 1. The normalized spacial score (nSPS) is 10.1. The first-order chi connectivity index (χ1) is 8.33. The molecule has 0 aliphatic carbocycles. The van der Waals surface area contributed by atoms with Crippen LogP contribution in [0.2, 0.25) is 0 Å². The van der Waals surface area contributed by atoms with E-state index in [0.29, 0.717) is 0 Å². The third-order valence-corrected chi connectivity index (χ3v) is 3.56. The molecule has 3 aromatic rings. The van der Waals surface area contributed by atoms with Gasteiger partial charge in [0, 0.05) is 17.1 Å². The van der Waals surface area contributed by atoms with Gasteiger partial charge in [0.1, 0.15) is 5.01 Å². The summed E-state index contributed by atoms with van der Waals surface area (Å²) in [7, 11) is 0. The number of hydrogen-bond acceptors (Lipinski definition) is 2. The monoisotopic (exact) mass is 320 g/mol. The first kappa shape index (κ1) is 13.1. The molecule has 18 heavy (non-hydrogen) atoms. The van der Waals surface area contributed by atoms with Crippen LogP contribution in [0.25, 0.3) is 22.0 Å². The lowest BCUT2D eigenvalue weighted by Crippen LogP contribution is -1.79. The number of hydrogen-bond donors (Lipinski definition) is 1. The summed E-state index contributed by atoms with van der Waals surface area (Å²) in [4.78, 5) is 7.82. The maximum Gasteiger partial charge on any atom is 0.140 e. The van der Waals surface area contributed by atoms with E-state index in [4.69, 9.17) is 0 Å². The molecule has 0 aliphatic heterocycles. The number of aromatic nitrogens is 2. The molecule has 92 valence electrons. The fourth-order valence-corrected chi connectivity index (χ4v) is 2.53. The zero-order chi connectivity index (χ0) is 11.7. The highest BCUT2D eigenvalue weighted by molar-refractivity contribution is 8.93. The molecular weight excluding hydrogens is 308 g/mol. The van der Waals surface area contributed by atoms with Crippen molar-refractivity contribution < 1.29 is 0 Å². The van der Waals surface area contributed by atoms with Crippen molar-refractivity contribution in [2.45, 2.75) is 6.92 Å². The molecule has 1 N–H and O–H groups in total. The van der Waals surface area contributed by atoms with Gasteiger partial charge in [0.05, 0.1) is 11.4 Å². The molecule has 0 bridgehead atoms. The van der Waals surface area contributed by atoms with Crippen molar-refractivity contribution in [1.82, 2.24) is 9.97 Å². The minimum absolute atomic E-state index is 0. The molecule has 3 rings (SSSR count). The van der Waals surface area contributed by atoms with Crippen LogP contribution in [-0.2, 0) is 0 Å². The van der Waals surface area contributed by atoms with E-state index in [1.807, 2.05) is 18.3 Å². The Kier molecular flexibility index (Phi) is 3.99. The summed E-state index contributed by atoms with van der Waals surface area (Å²) in [5.41, 5.74) is 4.56. The van der Waals surface area contributed by atoms with Crippen molar-refractivity contribution >= 4 is 28.3 Å². The van der Waals surface area contributed by atoms with Crippen molar-refractivity contribution in [3.8, 4) is 22.0 Å². The molecule has 2 nitrogen and oxygen atoms in total. The Bertz CT molecular complexity index is 612. The Hall–Kier alpha value is -1.39. The van der Waals surface area contributed by atoms with Crippen LogP contribution in [0, 0.1) is 6.92 Å². The van der Waals surface area contributed by atoms with E-state index in [9.17, 15) is 0 Å². The fourth-order valence-electron chi connectivity index (χ4n) is 1.72. The molecule has 2 heterocycles. The van der Waals surface area contributed by atoms with E-state index in [0.717, 1.165) is 16.4 Å². The van der Waals surface area contributed by atoms with E-state index in [1.165, 1.54) is 11.1 Å². The maximum absolute atomic E-state index is 4.64. The quantitative estimate of drug-likeness (QED) is 0.729. The molecule has 0 unspecified atom stereocenters. The standard InChI is InChI=1S/C14H12N2S.BrH/c1-10-4-6-11(7-5-10)13-9-17-14(16-13)12-3-2-8-15-12;/h2-9,15H,1H3;1H. The Morgan fingerprint density at radius 1 is 1.11 bits per heavy atom. The van der Waals surface area contributed by atoms with E-state index in [1.54, 1.807) is 11.3 Å². The van der Waals surface area contributed by atoms with Gasteiger partial charge in [-0.15, -0.1) is 28.3 Å². The smallest absolute Gasteiger partial charge is 0.140 e. The summed E-state index contributed by atoms with van der Waals surface area (Å²) in [6, 6.07) is 12.5. The van der Waals surface area contributed by atoms with Gasteiger partial charge < -0.3 is 4.98 Å². The van der Waals surface area contributed by atoms with Crippen LogP contribution in [-0.4, -0.2) is 9.97 Å². The van der Waals surface area contributed by atoms with Crippen molar-refractivity contribution in [3.05, 3.63) is 53.5 Å². The number of benzene rings is 1. The number of nitrogens with zero attached hydrogens (tertiary/aromatic N) is 1. The van der Waals surface area contributed by atoms with Crippen LogP contribution >= 0.6 is 28.3 Å². The molecule has 4 heteroatoms. The minimum Gasteiger partial charge on any atom is -0.359 e. The molecule has 0 amide bonds. The Balaban J connectivity index is 0.00000120. The zero-order valence-electron chi connectivity index (χ0n) is 9.88. The SMILES string of the molecule is Br.Cc1ccc(-c2csc(-c3ccc[nH]3)n2)cc1. The second-order valence-electron chi connectivity index (χ2n) is 3.99. The van der Waals surface area contributed by atoms with Gasteiger partial charge in [0.2, 0.25) is 0 Å². The molecule has 0 saturated carbocycles. The molecule has 0 spiro atoms. The summed E-state index contributed by atoms with van der Waals surface area (Å²) >= 11 is 1.66. The molecule has 2 aromatic heterocycles. The number of halogens is 1. The zero-order valence-corrected chi connectivity index (χ0v) is 12.4. The van der Waals surface area contributed by atoms with Crippen molar-refractivity contribution in [1.29, 1.82) is 0 Å². The third-order valence-electron chi connectivity index (χ3n) is 2.68. The lowest BCUT2D eigenvalue weighted by molar-refractivity contribution is 1.34. The van der Waals surface area contributed by atoms with Crippen LogP contribution in [0.1, 0.15) is 5.56 Å².